The maximum atomic E-state index is 12.1. The van der Waals surface area contributed by atoms with Crippen LogP contribution in [0.25, 0.3) is 0 Å². The highest BCUT2D eigenvalue weighted by Gasteiger charge is 2.60. The number of ether oxygens (including phenoxy) is 1. The first-order valence-electron chi connectivity index (χ1n) is 11.1. The van der Waals surface area contributed by atoms with Gasteiger partial charge in [-0.05, 0) is 69.1 Å². The van der Waals surface area contributed by atoms with Gasteiger partial charge in [-0.25, -0.2) is 0 Å². The molecule has 4 aliphatic rings. The van der Waals surface area contributed by atoms with Crippen LogP contribution in [-0.2, 0) is 9.53 Å². The van der Waals surface area contributed by atoms with Crippen molar-refractivity contribution in [2.24, 2.45) is 28.6 Å². The van der Waals surface area contributed by atoms with Crippen LogP contribution >= 0.6 is 0 Å². The van der Waals surface area contributed by atoms with Crippen LogP contribution in [0.1, 0.15) is 85.0 Å². The Morgan fingerprint density at radius 2 is 2.04 bits per heavy atom. The zero-order valence-corrected chi connectivity index (χ0v) is 16.9. The van der Waals surface area contributed by atoms with E-state index in [0.29, 0.717) is 6.42 Å². The van der Waals surface area contributed by atoms with Crippen molar-refractivity contribution in [1.29, 1.82) is 0 Å². The number of carbonyl (C=O) groups excluding carboxylic acids is 1. The molecule has 4 rings (SSSR count). The molecule has 6 atom stereocenters. The van der Waals surface area contributed by atoms with Crippen molar-refractivity contribution in [3.63, 3.8) is 0 Å². The maximum Gasteiger partial charge on any atom is 0.305 e. The number of esters is 1. The second-order valence-corrected chi connectivity index (χ2v) is 9.50. The van der Waals surface area contributed by atoms with Gasteiger partial charge in [0.05, 0.1) is 0 Å². The molecule has 0 saturated heterocycles. The van der Waals surface area contributed by atoms with Gasteiger partial charge in [0, 0.05) is 17.3 Å². The molecule has 0 aromatic rings. The Kier molecular flexibility index (Phi) is 4.82. The fourth-order valence-electron chi connectivity index (χ4n) is 7.46. The molecule has 0 heterocycles. The number of rotatable bonds is 4. The predicted molar refractivity (Wildman–Crippen MR) is 106 cm³/mol. The standard InChI is InChI=1S/C24H36O2/c1-4-14-24-16-13-19-18(10-9-17-8-6-7-15-23(17,19)3)20(24)11-12-21(24)26-22(25)5-2/h7-8,15,18-21H,4-6,9-14,16H2,1-3H3/t18-,19+,20+,21-,23+,24+/m1/s1. The van der Waals surface area contributed by atoms with Gasteiger partial charge in [-0.15, -0.1) is 0 Å². The minimum Gasteiger partial charge on any atom is -0.462 e. The molecule has 0 amide bonds. The summed E-state index contributed by atoms with van der Waals surface area (Å²) in [4.78, 5) is 12.1. The maximum absolute atomic E-state index is 12.1. The largest absolute Gasteiger partial charge is 0.462 e. The summed E-state index contributed by atoms with van der Waals surface area (Å²) in [6, 6.07) is 0. The Hall–Kier alpha value is -1.05. The third-order valence-electron chi connectivity index (χ3n) is 8.53. The zero-order valence-electron chi connectivity index (χ0n) is 16.9. The van der Waals surface area contributed by atoms with Gasteiger partial charge in [-0.3, -0.25) is 4.79 Å². The lowest BCUT2D eigenvalue weighted by Gasteiger charge is -2.57. The van der Waals surface area contributed by atoms with E-state index in [2.05, 4.69) is 32.1 Å². The second kappa shape index (κ2) is 6.84. The lowest BCUT2D eigenvalue weighted by molar-refractivity contribution is -0.161. The molecular formula is C24H36O2. The molecule has 3 saturated carbocycles. The number of hydrogen-bond acceptors (Lipinski definition) is 2. The van der Waals surface area contributed by atoms with Crippen LogP contribution in [-0.4, -0.2) is 12.1 Å². The SMILES string of the molecule is CCC[C@]12CC[C@H]3[C@@H](CCC4=CCC=C[C@@]43C)[C@@H]1CC[C@H]2OC(=O)CC. The van der Waals surface area contributed by atoms with Gasteiger partial charge < -0.3 is 4.74 Å². The molecule has 0 aliphatic heterocycles. The first kappa shape index (κ1) is 18.3. The van der Waals surface area contributed by atoms with Crippen LogP contribution < -0.4 is 0 Å². The van der Waals surface area contributed by atoms with Gasteiger partial charge in [0.2, 0.25) is 0 Å². The Morgan fingerprint density at radius 3 is 2.81 bits per heavy atom. The van der Waals surface area contributed by atoms with Crippen molar-refractivity contribution in [3.05, 3.63) is 23.8 Å². The minimum absolute atomic E-state index is 0.00397. The van der Waals surface area contributed by atoms with E-state index < -0.39 is 0 Å². The first-order chi connectivity index (χ1) is 12.5. The molecular weight excluding hydrogens is 320 g/mol. The lowest BCUT2D eigenvalue weighted by atomic mass is 9.47. The molecule has 3 fully saturated rings. The Bertz CT molecular complexity index is 618. The van der Waals surface area contributed by atoms with E-state index in [9.17, 15) is 4.79 Å². The van der Waals surface area contributed by atoms with Crippen LogP contribution in [0, 0.1) is 28.6 Å². The number of allylic oxidation sites excluding steroid dienone is 4. The average Bonchev–Trinajstić information content (AvgIpc) is 2.99. The summed E-state index contributed by atoms with van der Waals surface area (Å²) < 4.78 is 6.03. The van der Waals surface area contributed by atoms with Crippen molar-refractivity contribution in [2.75, 3.05) is 0 Å². The Labute approximate surface area is 159 Å². The fraction of sp³-hybridized carbons (Fsp3) is 0.792. The molecule has 26 heavy (non-hydrogen) atoms. The molecule has 0 radical (unpaired) electrons. The number of fused-ring (bicyclic) bond motifs is 5. The van der Waals surface area contributed by atoms with Crippen molar-refractivity contribution in [3.8, 4) is 0 Å². The Morgan fingerprint density at radius 1 is 1.19 bits per heavy atom. The van der Waals surface area contributed by atoms with Crippen LogP contribution in [0.5, 0.6) is 0 Å². The summed E-state index contributed by atoms with van der Waals surface area (Å²) in [5.74, 6) is 2.36. The molecule has 0 spiro atoms. The van der Waals surface area contributed by atoms with E-state index in [0.717, 1.165) is 30.6 Å². The van der Waals surface area contributed by atoms with E-state index >= 15 is 0 Å². The third-order valence-corrected chi connectivity index (χ3v) is 8.53. The topological polar surface area (TPSA) is 26.3 Å². The molecule has 0 bridgehead atoms. The smallest absolute Gasteiger partial charge is 0.305 e. The van der Waals surface area contributed by atoms with Gasteiger partial charge >= 0.3 is 5.97 Å². The van der Waals surface area contributed by atoms with E-state index in [1.54, 1.807) is 5.57 Å². The van der Waals surface area contributed by atoms with Crippen molar-refractivity contribution in [2.45, 2.75) is 91.1 Å². The van der Waals surface area contributed by atoms with Gasteiger partial charge in [-0.2, -0.15) is 0 Å². The molecule has 144 valence electrons. The van der Waals surface area contributed by atoms with E-state index in [-0.39, 0.29) is 22.9 Å². The summed E-state index contributed by atoms with van der Waals surface area (Å²) in [5, 5.41) is 0. The quantitative estimate of drug-likeness (QED) is 0.441. The van der Waals surface area contributed by atoms with Crippen LogP contribution in [0.3, 0.4) is 0 Å². The highest BCUT2D eigenvalue weighted by atomic mass is 16.5. The van der Waals surface area contributed by atoms with Gasteiger partial charge in [0.15, 0.2) is 0 Å². The Balaban J connectivity index is 1.63. The zero-order chi connectivity index (χ0) is 18.4. The lowest BCUT2D eigenvalue weighted by Crippen LogP contribution is -2.51. The van der Waals surface area contributed by atoms with Crippen LogP contribution in [0.15, 0.2) is 23.8 Å². The van der Waals surface area contributed by atoms with E-state index in [1.165, 1.54) is 44.9 Å². The number of carbonyl (C=O) groups is 1. The highest BCUT2D eigenvalue weighted by Crippen LogP contribution is 2.66. The molecule has 2 nitrogen and oxygen atoms in total. The molecule has 4 aliphatic carbocycles. The third kappa shape index (κ3) is 2.62. The highest BCUT2D eigenvalue weighted by molar-refractivity contribution is 5.69. The van der Waals surface area contributed by atoms with Crippen LogP contribution in [0.4, 0.5) is 0 Å². The summed E-state index contributed by atoms with van der Waals surface area (Å²) in [5.41, 5.74) is 2.25. The molecule has 0 aromatic carbocycles. The van der Waals surface area contributed by atoms with Crippen molar-refractivity contribution < 1.29 is 9.53 Å². The van der Waals surface area contributed by atoms with Gasteiger partial charge in [0.25, 0.3) is 0 Å². The van der Waals surface area contributed by atoms with Gasteiger partial charge in [0.1, 0.15) is 6.10 Å². The minimum atomic E-state index is 0.00397. The summed E-state index contributed by atoms with van der Waals surface area (Å²) in [6.45, 7) is 6.73. The van der Waals surface area contributed by atoms with Crippen molar-refractivity contribution in [1.82, 2.24) is 0 Å². The predicted octanol–water partition coefficient (Wildman–Crippen LogP) is 6.22. The summed E-state index contributed by atoms with van der Waals surface area (Å²) in [6.07, 6.45) is 19.2. The van der Waals surface area contributed by atoms with Gasteiger partial charge in [-0.1, -0.05) is 51.0 Å². The fourth-order valence-corrected chi connectivity index (χ4v) is 7.46. The summed E-state index contributed by atoms with van der Waals surface area (Å²) >= 11 is 0. The monoisotopic (exact) mass is 356 g/mol. The van der Waals surface area contributed by atoms with Crippen LogP contribution in [0.2, 0.25) is 0 Å². The summed E-state index contributed by atoms with van der Waals surface area (Å²) in [7, 11) is 0. The van der Waals surface area contributed by atoms with E-state index in [1.807, 2.05) is 6.92 Å². The molecule has 0 aromatic heterocycles. The number of hydrogen-bond donors (Lipinski definition) is 0. The molecule has 0 N–H and O–H groups in total. The first-order valence-corrected chi connectivity index (χ1v) is 11.1. The molecule has 2 heteroatoms. The molecule has 0 unspecified atom stereocenters. The van der Waals surface area contributed by atoms with E-state index in [4.69, 9.17) is 4.74 Å². The average molecular weight is 357 g/mol. The van der Waals surface area contributed by atoms with Crippen molar-refractivity contribution >= 4 is 5.97 Å². The second-order valence-electron chi connectivity index (χ2n) is 9.50. The normalized spacial score (nSPS) is 43.9.